The van der Waals surface area contributed by atoms with Crippen molar-refractivity contribution in [3.05, 3.63) is 0 Å². The van der Waals surface area contributed by atoms with Crippen LogP contribution in [0.25, 0.3) is 0 Å². The first-order valence-electron chi connectivity index (χ1n) is 6.16. The second-order valence-electron chi connectivity index (χ2n) is 4.06. The van der Waals surface area contributed by atoms with Gasteiger partial charge in [-0.25, -0.2) is 8.42 Å². The number of hydrogen-bond acceptors (Lipinski definition) is 4. The fourth-order valence-corrected chi connectivity index (χ4v) is 3.07. The van der Waals surface area contributed by atoms with Gasteiger partial charge in [0, 0.05) is 5.75 Å². The van der Waals surface area contributed by atoms with Crippen LogP contribution in [0.2, 0.25) is 0 Å². The van der Waals surface area contributed by atoms with Crippen LogP contribution in [0.5, 0.6) is 0 Å². The van der Waals surface area contributed by atoms with Crippen molar-refractivity contribution in [2.75, 3.05) is 5.75 Å². The monoisotopic (exact) mass is 290 g/mol. The second kappa shape index (κ2) is 13.7. The topological polar surface area (TPSA) is 57.2 Å². The maximum absolute atomic E-state index is 10.3. The van der Waals surface area contributed by atoms with Crippen molar-refractivity contribution in [2.45, 2.75) is 64.7 Å². The summed E-state index contributed by atoms with van der Waals surface area (Å²) in [5.41, 5.74) is 0. The van der Waals surface area contributed by atoms with E-state index in [0.717, 1.165) is 19.3 Å². The Morgan fingerprint density at radius 2 is 1.29 bits per heavy atom. The molecule has 0 N–H and O–H groups in total. The molecular formula is C11H23NaO3S2. The minimum absolute atomic E-state index is 0. The van der Waals surface area contributed by atoms with Gasteiger partial charge in [-0.3, -0.25) is 0 Å². The molecular weight excluding hydrogens is 267 g/mol. The largest absolute Gasteiger partial charge is 1.00 e. The standard InChI is InChI=1S/C11H24O3S2.Na/c1-2-3-4-5-6-7-8-9-10-11-15-16(12,13)14;/h2-11H2,1H3,(H,12,13,14);/q;+1/p-1. The molecule has 0 unspecified atom stereocenters. The van der Waals surface area contributed by atoms with Gasteiger partial charge >= 0.3 is 29.6 Å². The predicted molar refractivity (Wildman–Crippen MR) is 69.4 cm³/mol. The summed E-state index contributed by atoms with van der Waals surface area (Å²) in [5, 5.41) is 0. The van der Waals surface area contributed by atoms with Crippen molar-refractivity contribution in [1.29, 1.82) is 0 Å². The van der Waals surface area contributed by atoms with Crippen LogP contribution in [-0.4, -0.2) is 18.7 Å². The third-order valence-electron chi connectivity index (χ3n) is 2.48. The van der Waals surface area contributed by atoms with Crippen LogP contribution in [0.4, 0.5) is 0 Å². The van der Waals surface area contributed by atoms with Gasteiger partial charge in [0.25, 0.3) is 0 Å². The van der Waals surface area contributed by atoms with Gasteiger partial charge < -0.3 is 4.55 Å². The normalized spacial score (nSPS) is 11.2. The van der Waals surface area contributed by atoms with Gasteiger partial charge in [0.15, 0.2) is 0 Å². The predicted octanol–water partition coefficient (Wildman–Crippen LogP) is 0.715. The van der Waals surface area contributed by atoms with E-state index in [0.29, 0.717) is 16.5 Å². The van der Waals surface area contributed by atoms with E-state index in [2.05, 4.69) is 6.92 Å². The Bertz CT molecular complexity index is 243. The van der Waals surface area contributed by atoms with Crippen LogP contribution in [0.15, 0.2) is 0 Å². The second-order valence-corrected chi connectivity index (χ2v) is 7.45. The summed E-state index contributed by atoms with van der Waals surface area (Å²) < 4.78 is 30.8. The zero-order chi connectivity index (χ0) is 12.3. The first kappa shape index (κ1) is 20.6. The van der Waals surface area contributed by atoms with E-state index >= 15 is 0 Å². The molecule has 0 amide bonds. The summed E-state index contributed by atoms with van der Waals surface area (Å²) in [7, 11) is -3.54. The smallest absolute Gasteiger partial charge is 0.739 e. The maximum Gasteiger partial charge on any atom is 1.00 e. The van der Waals surface area contributed by atoms with E-state index < -0.39 is 9.15 Å². The fourth-order valence-electron chi connectivity index (χ4n) is 1.57. The molecule has 0 atom stereocenters. The van der Waals surface area contributed by atoms with E-state index in [1.54, 1.807) is 0 Å². The van der Waals surface area contributed by atoms with Crippen molar-refractivity contribution >= 4 is 19.9 Å². The third kappa shape index (κ3) is 19.8. The molecule has 0 radical (unpaired) electrons. The van der Waals surface area contributed by atoms with Gasteiger partial charge in [-0.05, 0) is 17.2 Å². The van der Waals surface area contributed by atoms with E-state index in [1.165, 1.54) is 38.5 Å². The summed E-state index contributed by atoms with van der Waals surface area (Å²) in [6, 6.07) is 0. The first-order valence-corrected chi connectivity index (χ1v) is 9.07. The maximum atomic E-state index is 10.3. The van der Waals surface area contributed by atoms with Crippen molar-refractivity contribution in [3.8, 4) is 0 Å². The zero-order valence-electron chi connectivity index (χ0n) is 11.1. The average molecular weight is 290 g/mol. The molecule has 0 aromatic rings. The van der Waals surface area contributed by atoms with E-state index in [-0.39, 0.29) is 29.6 Å². The first-order chi connectivity index (χ1) is 7.56. The van der Waals surface area contributed by atoms with Gasteiger partial charge in [-0.2, -0.15) is 0 Å². The van der Waals surface area contributed by atoms with Crippen LogP contribution < -0.4 is 29.6 Å². The van der Waals surface area contributed by atoms with Crippen LogP contribution >= 0.6 is 10.8 Å². The van der Waals surface area contributed by atoms with Crippen LogP contribution in [0.1, 0.15) is 64.7 Å². The van der Waals surface area contributed by atoms with Crippen LogP contribution in [0.3, 0.4) is 0 Å². The molecule has 3 nitrogen and oxygen atoms in total. The molecule has 0 heterocycles. The zero-order valence-corrected chi connectivity index (χ0v) is 14.7. The molecule has 0 aromatic carbocycles. The molecule has 0 bridgehead atoms. The molecule has 0 aliphatic rings. The number of rotatable bonds is 11. The minimum atomic E-state index is -4.07. The summed E-state index contributed by atoms with van der Waals surface area (Å²) in [4.78, 5) is 0. The number of hydrogen-bond donors (Lipinski definition) is 0. The van der Waals surface area contributed by atoms with Crippen LogP contribution in [-0.2, 0) is 9.15 Å². The molecule has 0 aliphatic carbocycles. The molecule has 0 aromatic heterocycles. The van der Waals surface area contributed by atoms with Gasteiger partial charge in [0.2, 0.25) is 0 Å². The molecule has 6 heteroatoms. The third-order valence-corrected chi connectivity index (χ3v) is 4.59. The molecule has 0 fully saturated rings. The molecule has 0 rings (SSSR count). The summed E-state index contributed by atoms with van der Waals surface area (Å²) in [6.07, 6.45) is 10.8. The summed E-state index contributed by atoms with van der Waals surface area (Å²) >= 11 is 0. The fraction of sp³-hybridized carbons (Fsp3) is 1.00. The molecule has 0 saturated heterocycles. The Morgan fingerprint density at radius 3 is 1.71 bits per heavy atom. The van der Waals surface area contributed by atoms with E-state index in [1.807, 2.05) is 0 Å². The Hall–Kier alpha value is 1.26. The molecule has 0 aliphatic heterocycles. The molecule has 0 spiro atoms. The Kier molecular flexibility index (Phi) is 16.6. The SMILES string of the molecule is CCCCCCCCCCCSS(=O)(=O)[O-].[Na+]. The van der Waals surface area contributed by atoms with E-state index in [4.69, 9.17) is 0 Å². The van der Waals surface area contributed by atoms with Gasteiger partial charge in [0.1, 0.15) is 9.15 Å². The quantitative estimate of drug-likeness (QED) is 0.243. The molecule has 98 valence electrons. The van der Waals surface area contributed by atoms with Crippen molar-refractivity contribution < 1.29 is 42.5 Å². The van der Waals surface area contributed by atoms with Crippen molar-refractivity contribution in [1.82, 2.24) is 0 Å². The summed E-state index contributed by atoms with van der Waals surface area (Å²) in [5.74, 6) is 0.446. The summed E-state index contributed by atoms with van der Waals surface area (Å²) in [6.45, 7) is 2.21. The van der Waals surface area contributed by atoms with Crippen LogP contribution in [0, 0.1) is 0 Å². The minimum Gasteiger partial charge on any atom is -0.739 e. The Labute approximate surface area is 132 Å². The average Bonchev–Trinajstić information content (AvgIpc) is 2.19. The molecule has 0 saturated carbocycles. The van der Waals surface area contributed by atoms with Gasteiger partial charge in [-0.1, -0.05) is 58.3 Å². The van der Waals surface area contributed by atoms with Gasteiger partial charge in [0.05, 0.1) is 0 Å². The van der Waals surface area contributed by atoms with Gasteiger partial charge in [-0.15, -0.1) is 0 Å². The van der Waals surface area contributed by atoms with E-state index in [9.17, 15) is 13.0 Å². The Morgan fingerprint density at radius 1 is 0.882 bits per heavy atom. The molecule has 17 heavy (non-hydrogen) atoms. The van der Waals surface area contributed by atoms with Crippen molar-refractivity contribution in [3.63, 3.8) is 0 Å². The number of unbranched alkanes of at least 4 members (excludes halogenated alkanes) is 8. The Balaban J connectivity index is 0. The van der Waals surface area contributed by atoms with Crippen molar-refractivity contribution in [2.24, 2.45) is 0 Å².